The van der Waals surface area contributed by atoms with Crippen LogP contribution in [0.3, 0.4) is 0 Å². The van der Waals surface area contributed by atoms with Gasteiger partial charge in [0.1, 0.15) is 12.1 Å². The minimum Gasteiger partial charge on any atom is -0.423 e. The molecule has 0 saturated carbocycles. The minimum absolute atomic E-state index is 0.395. The third-order valence-electron chi connectivity index (χ3n) is 3.60. The van der Waals surface area contributed by atoms with Crippen molar-refractivity contribution in [3.63, 3.8) is 0 Å². The van der Waals surface area contributed by atoms with Crippen molar-refractivity contribution < 1.29 is 9.68 Å². The number of nitrogens with zero attached hydrogens (tertiary/aromatic N) is 2. The highest BCUT2D eigenvalue weighted by Gasteiger charge is 2.26. The predicted octanol–water partition coefficient (Wildman–Crippen LogP) is 1.24. The predicted molar refractivity (Wildman–Crippen MR) is 77.5 cm³/mol. The number of hydrogen-bond donors (Lipinski definition) is 1. The number of benzene rings is 2. The fourth-order valence-electron chi connectivity index (χ4n) is 2.52. The molecule has 1 aliphatic heterocycles. The summed E-state index contributed by atoms with van der Waals surface area (Å²) in [6.45, 7) is 0.418. The van der Waals surface area contributed by atoms with Gasteiger partial charge in [-0.1, -0.05) is 24.3 Å². The van der Waals surface area contributed by atoms with Crippen molar-refractivity contribution in [2.45, 2.75) is 13.0 Å². The van der Waals surface area contributed by atoms with Gasteiger partial charge in [0.05, 0.1) is 17.7 Å². The zero-order valence-electron chi connectivity index (χ0n) is 11.2. The summed E-state index contributed by atoms with van der Waals surface area (Å²) in [5, 5.41) is 27.6. The molecule has 0 saturated heterocycles. The van der Waals surface area contributed by atoms with Crippen LogP contribution in [0.2, 0.25) is 0 Å². The Morgan fingerprint density at radius 1 is 1.05 bits per heavy atom. The molecule has 1 N–H and O–H groups in total. The second kappa shape index (κ2) is 5.42. The first-order chi connectivity index (χ1) is 10.2. The van der Waals surface area contributed by atoms with Crippen LogP contribution < -0.4 is 5.46 Å². The van der Waals surface area contributed by atoms with Crippen LogP contribution in [0.1, 0.15) is 27.8 Å². The van der Waals surface area contributed by atoms with Gasteiger partial charge in [0.2, 0.25) is 0 Å². The smallest absolute Gasteiger partial charge is 0.423 e. The molecule has 100 valence electrons. The molecular weight excluding hydrogens is 263 g/mol. The van der Waals surface area contributed by atoms with Gasteiger partial charge in [0, 0.05) is 0 Å². The van der Waals surface area contributed by atoms with E-state index >= 15 is 0 Å². The van der Waals surface area contributed by atoms with Gasteiger partial charge < -0.3 is 9.68 Å². The van der Waals surface area contributed by atoms with Crippen LogP contribution >= 0.6 is 0 Å². The zero-order chi connectivity index (χ0) is 14.8. The number of fused-ring (bicyclic) bond motifs is 1. The third kappa shape index (κ3) is 2.53. The molecule has 0 aromatic heterocycles. The molecule has 0 unspecified atom stereocenters. The third-order valence-corrected chi connectivity index (χ3v) is 3.60. The van der Waals surface area contributed by atoms with Gasteiger partial charge in [0.25, 0.3) is 0 Å². The molecule has 1 heterocycles. The van der Waals surface area contributed by atoms with E-state index in [0.29, 0.717) is 24.2 Å². The lowest BCUT2D eigenvalue weighted by molar-refractivity contribution is 0.275. The molecule has 2 aromatic rings. The topological polar surface area (TPSA) is 77.0 Å². The Morgan fingerprint density at radius 3 is 2.52 bits per heavy atom. The molecule has 0 amide bonds. The number of rotatable bonds is 2. The van der Waals surface area contributed by atoms with Crippen LogP contribution in [-0.2, 0) is 17.7 Å². The summed E-state index contributed by atoms with van der Waals surface area (Å²) in [7, 11) is -0.825. The maximum atomic E-state index is 9.60. The summed E-state index contributed by atoms with van der Waals surface area (Å²) in [4.78, 5) is 0. The van der Waals surface area contributed by atoms with Crippen LogP contribution in [0.5, 0.6) is 0 Å². The molecule has 2 aromatic carbocycles. The van der Waals surface area contributed by atoms with Gasteiger partial charge in [-0.05, 0) is 40.7 Å². The molecule has 0 fully saturated rings. The van der Waals surface area contributed by atoms with Crippen LogP contribution in [0, 0.1) is 22.7 Å². The van der Waals surface area contributed by atoms with E-state index in [0.717, 1.165) is 22.2 Å². The Labute approximate surface area is 123 Å². The first-order valence-electron chi connectivity index (χ1n) is 6.56. The number of nitriles is 2. The van der Waals surface area contributed by atoms with Crippen molar-refractivity contribution in [3.05, 3.63) is 64.2 Å². The Bertz CT molecular complexity index is 790. The van der Waals surface area contributed by atoms with E-state index in [1.54, 1.807) is 12.1 Å². The summed E-state index contributed by atoms with van der Waals surface area (Å²) in [5.41, 5.74) is 4.66. The summed E-state index contributed by atoms with van der Waals surface area (Å²) < 4.78 is 5.17. The second-order valence-electron chi connectivity index (χ2n) is 4.98. The van der Waals surface area contributed by atoms with Crippen molar-refractivity contribution in [2.24, 2.45) is 0 Å². The fourth-order valence-corrected chi connectivity index (χ4v) is 2.52. The largest absolute Gasteiger partial charge is 0.491 e. The van der Waals surface area contributed by atoms with Crippen molar-refractivity contribution in [3.8, 4) is 12.1 Å². The van der Waals surface area contributed by atoms with Crippen LogP contribution in [-0.4, -0.2) is 12.1 Å². The van der Waals surface area contributed by atoms with E-state index in [1.165, 1.54) is 0 Å². The van der Waals surface area contributed by atoms with Crippen LogP contribution in [0.15, 0.2) is 36.4 Å². The molecule has 0 atom stereocenters. The maximum Gasteiger partial charge on any atom is 0.491 e. The number of hydrogen-bond acceptors (Lipinski definition) is 4. The van der Waals surface area contributed by atoms with Gasteiger partial charge in [-0.15, -0.1) is 0 Å². The van der Waals surface area contributed by atoms with E-state index in [2.05, 4.69) is 0 Å². The van der Waals surface area contributed by atoms with Crippen molar-refractivity contribution in [1.29, 1.82) is 10.5 Å². The highest BCUT2D eigenvalue weighted by Crippen LogP contribution is 2.17. The molecule has 4 nitrogen and oxygen atoms in total. The van der Waals surface area contributed by atoms with E-state index in [-0.39, 0.29) is 0 Å². The highest BCUT2D eigenvalue weighted by atomic mass is 16.5. The second-order valence-corrected chi connectivity index (χ2v) is 4.98. The van der Waals surface area contributed by atoms with Gasteiger partial charge >= 0.3 is 7.12 Å². The van der Waals surface area contributed by atoms with Crippen molar-refractivity contribution >= 4 is 12.6 Å². The quantitative estimate of drug-likeness (QED) is 0.836. The summed E-state index contributed by atoms with van der Waals surface area (Å²) in [6.07, 6.45) is 0.670. The standard InChI is InChI=1S/C16H11BN2O2/c18-8-13-3-1-11(6-14(13)9-19)5-12-2-4-16-15(7-12)10-21-17(16)20/h1-4,6-7,20H,5,10H2. The van der Waals surface area contributed by atoms with E-state index in [1.807, 2.05) is 36.4 Å². The molecule has 0 radical (unpaired) electrons. The molecular formula is C16H11BN2O2. The lowest BCUT2D eigenvalue weighted by atomic mass is 9.79. The van der Waals surface area contributed by atoms with Crippen LogP contribution in [0.4, 0.5) is 0 Å². The maximum absolute atomic E-state index is 9.60. The van der Waals surface area contributed by atoms with E-state index in [9.17, 15) is 5.02 Å². The highest BCUT2D eigenvalue weighted by molar-refractivity contribution is 6.61. The van der Waals surface area contributed by atoms with Gasteiger partial charge in [0.15, 0.2) is 0 Å². The first-order valence-corrected chi connectivity index (χ1v) is 6.56. The SMILES string of the molecule is N#Cc1ccc(Cc2ccc3c(c2)COB3O)cc1C#N. The molecule has 0 aliphatic carbocycles. The molecule has 0 bridgehead atoms. The van der Waals surface area contributed by atoms with Gasteiger partial charge in [-0.25, -0.2) is 0 Å². The summed E-state index contributed by atoms with van der Waals surface area (Å²) in [6, 6.07) is 15.2. The van der Waals surface area contributed by atoms with E-state index in [4.69, 9.17) is 15.2 Å². The average Bonchev–Trinajstić information content (AvgIpc) is 2.88. The lowest BCUT2D eigenvalue weighted by Crippen LogP contribution is -2.27. The van der Waals surface area contributed by atoms with Crippen molar-refractivity contribution in [2.75, 3.05) is 0 Å². The van der Waals surface area contributed by atoms with Gasteiger partial charge in [-0.3, -0.25) is 0 Å². The first kappa shape index (κ1) is 13.4. The molecule has 21 heavy (non-hydrogen) atoms. The molecule has 3 rings (SSSR count). The summed E-state index contributed by atoms with van der Waals surface area (Å²) in [5.74, 6) is 0. The Hall–Kier alpha value is -2.60. The minimum atomic E-state index is -0.825. The van der Waals surface area contributed by atoms with E-state index < -0.39 is 7.12 Å². The average molecular weight is 274 g/mol. The Morgan fingerprint density at radius 2 is 1.76 bits per heavy atom. The normalized spacial score (nSPS) is 12.6. The molecule has 0 spiro atoms. The Kier molecular flexibility index (Phi) is 3.45. The Balaban J connectivity index is 1.88. The van der Waals surface area contributed by atoms with Crippen LogP contribution in [0.25, 0.3) is 0 Å². The zero-order valence-corrected chi connectivity index (χ0v) is 11.2. The monoisotopic (exact) mass is 274 g/mol. The molecule has 1 aliphatic rings. The van der Waals surface area contributed by atoms with Crippen molar-refractivity contribution in [1.82, 2.24) is 0 Å². The molecule has 5 heteroatoms. The fraction of sp³-hybridized carbons (Fsp3) is 0.125. The van der Waals surface area contributed by atoms with Gasteiger partial charge in [-0.2, -0.15) is 10.5 Å². The summed E-state index contributed by atoms with van der Waals surface area (Å²) >= 11 is 0. The lowest BCUT2D eigenvalue weighted by Gasteiger charge is -2.06.